The maximum absolute atomic E-state index is 12.0. The monoisotopic (exact) mass is 320 g/mol. The smallest absolute Gasteiger partial charge is 0.249 e. The zero-order valence-corrected chi connectivity index (χ0v) is 12.4. The summed E-state index contributed by atoms with van der Waals surface area (Å²) in [5.41, 5.74) is 2.41. The van der Waals surface area contributed by atoms with Gasteiger partial charge in [-0.25, -0.2) is 14.5 Å². The minimum atomic E-state index is -0.244. The molecule has 118 valence electrons. The fourth-order valence-corrected chi connectivity index (χ4v) is 2.26. The molecule has 4 aromatic rings. The summed E-state index contributed by atoms with van der Waals surface area (Å²) in [4.78, 5) is 24.2. The predicted molar refractivity (Wildman–Crippen MR) is 84.9 cm³/mol. The summed E-state index contributed by atoms with van der Waals surface area (Å²) < 4.78 is 3.13. The number of hydrogen-bond donors (Lipinski definition) is 1. The second kappa shape index (κ2) is 5.88. The number of nitrogens with one attached hydrogen (secondary N) is 1. The summed E-state index contributed by atoms with van der Waals surface area (Å²) in [6.07, 6.45) is 10.1. The Hall–Kier alpha value is -3.62. The van der Waals surface area contributed by atoms with E-state index < -0.39 is 0 Å². The molecule has 24 heavy (non-hydrogen) atoms. The molecule has 0 aromatic carbocycles. The van der Waals surface area contributed by atoms with Crippen molar-refractivity contribution in [3.63, 3.8) is 0 Å². The minimum Gasteiger partial charge on any atom is -0.292 e. The Kier molecular flexibility index (Phi) is 3.43. The molecule has 0 saturated heterocycles. The number of pyridine rings is 1. The first-order valence-electron chi connectivity index (χ1n) is 7.17. The van der Waals surface area contributed by atoms with Crippen LogP contribution < -0.4 is 5.32 Å². The van der Waals surface area contributed by atoms with E-state index in [1.54, 1.807) is 35.4 Å². The lowest BCUT2D eigenvalue weighted by Crippen LogP contribution is -2.19. The van der Waals surface area contributed by atoms with E-state index in [0.717, 1.165) is 11.1 Å². The first-order valence-corrected chi connectivity index (χ1v) is 7.17. The first kappa shape index (κ1) is 14.0. The second-order valence-corrected chi connectivity index (χ2v) is 5.03. The third-order valence-corrected chi connectivity index (χ3v) is 3.34. The highest BCUT2D eigenvalue weighted by atomic mass is 16.2. The van der Waals surface area contributed by atoms with Gasteiger partial charge >= 0.3 is 0 Å². The fraction of sp³-hybridized carbons (Fsp3) is 0.0667. The highest BCUT2D eigenvalue weighted by Crippen LogP contribution is 2.18. The summed E-state index contributed by atoms with van der Waals surface area (Å²) in [5.74, 6) is -0.0000863. The number of rotatable bonds is 4. The maximum atomic E-state index is 12.0. The molecule has 0 aliphatic rings. The van der Waals surface area contributed by atoms with Gasteiger partial charge in [0.05, 0.1) is 0 Å². The second-order valence-electron chi connectivity index (χ2n) is 5.03. The van der Waals surface area contributed by atoms with Crippen LogP contribution in [-0.4, -0.2) is 40.3 Å². The van der Waals surface area contributed by atoms with Crippen molar-refractivity contribution < 1.29 is 4.79 Å². The normalized spacial score (nSPS) is 10.8. The van der Waals surface area contributed by atoms with Crippen LogP contribution in [0.3, 0.4) is 0 Å². The molecule has 4 aromatic heterocycles. The lowest BCUT2D eigenvalue weighted by molar-refractivity contribution is -0.116. The zero-order valence-electron chi connectivity index (χ0n) is 12.4. The molecule has 0 bridgehead atoms. The van der Waals surface area contributed by atoms with Crippen molar-refractivity contribution >= 4 is 17.5 Å². The Morgan fingerprint density at radius 3 is 2.83 bits per heavy atom. The van der Waals surface area contributed by atoms with Crippen LogP contribution in [0.4, 0.5) is 5.95 Å². The summed E-state index contributed by atoms with van der Waals surface area (Å²) in [6.45, 7) is 0.106. The van der Waals surface area contributed by atoms with Crippen LogP contribution >= 0.6 is 0 Å². The van der Waals surface area contributed by atoms with Gasteiger partial charge in [0.25, 0.3) is 0 Å². The van der Waals surface area contributed by atoms with Gasteiger partial charge in [0, 0.05) is 42.1 Å². The van der Waals surface area contributed by atoms with E-state index >= 15 is 0 Å². The molecule has 4 rings (SSSR count). The number of carbonyl (C=O) groups is 1. The van der Waals surface area contributed by atoms with Crippen LogP contribution in [-0.2, 0) is 11.3 Å². The van der Waals surface area contributed by atoms with Crippen molar-refractivity contribution in [2.45, 2.75) is 6.54 Å². The van der Waals surface area contributed by atoms with Crippen LogP contribution in [0.25, 0.3) is 16.8 Å². The van der Waals surface area contributed by atoms with Crippen molar-refractivity contribution in [3.05, 3.63) is 55.5 Å². The number of fused-ring (bicyclic) bond motifs is 1. The van der Waals surface area contributed by atoms with Crippen molar-refractivity contribution in [2.24, 2.45) is 0 Å². The van der Waals surface area contributed by atoms with Gasteiger partial charge in [0.1, 0.15) is 12.9 Å². The number of nitrogens with zero attached hydrogens (tertiary/aromatic N) is 7. The minimum absolute atomic E-state index is 0.106. The van der Waals surface area contributed by atoms with E-state index in [-0.39, 0.29) is 18.4 Å². The van der Waals surface area contributed by atoms with Gasteiger partial charge in [-0.05, 0) is 18.2 Å². The van der Waals surface area contributed by atoms with Crippen LogP contribution in [0.15, 0.2) is 55.5 Å². The summed E-state index contributed by atoms with van der Waals surface area (Å²) in [7, 11) is 0. The molecule has 1 amide bonds. The summed E-state index contributed by atoms with van der Waals surface area (Å²) in [6, 6.07) is 5.47. The average Bonchev–Trinajstić information content (AvgIpc) is 3.23. The van der Waals surface area contributed by atoms with E-state index in [2.05, 4.69) is 30.5 Å². The number of amides is 1. The van der Waals surface area contributed by atoms with Crippen molar-refractivity contribution in [1.29, 1.82) is 0 Å². The third-order valence-electron chi connectivity index (χ3n) is 3.34. The summed E-state index contributed by atoms with van der Waals surface area (Å²) >= 11 is 0. The van der Waals surface area contributed by atoms with E-state index in [1.807, 2.05) is 18.3 Å². The van der Waals surface area contributed by atoms with Gasteiger partial charge < -0.3 is 0 Å². The molecule has 9 nitrogen and oxygen atoms in total. The van der Waals surface area contributed by atoms with Crippen LogP contribution in [0.1, 0.15) is 0 Å². The van der Waals surface area contributed by atoms with Crippen molar-refractivity contribution in [2.75, 3.05) is 5.32 Å². The molecule has 0 aliphatic heterocycles. The van der Waals surface area contributed by atoms with Gasteiger partial charge in [-0.3, -0.25) is 14.8 Å². The van der Waals surface area contributed by atoms with E-state index in [9.17, 15) is 4.79 Å². The molecular weight excluding hydrogens is 308 g/mol. The number of carbonyl (C=O) groups excluding carboxylic acids is 1. The van der Waals surface area contributed by atoms with Gasteiger partial charge in [0.15, 0.2) is 5.65 Å². The molecule has 1 N–H and O–H groups in total. The van der Waals surface area contributed by atoms with Crippen LogP contribution in [0.5, 0.6) is 0 Å². The molecule has 0 aliphatic carbocycles. The standard InChI is InChI=1S/C15H12N8O/c24-14(9-22-5-1-4-18-22)20-15-19-13-3-2-11(8-23(13)21-15)12-6-16-10-17-7-12/h1-8,10H,9H2,(H,20,21,24). The topological polar surface area (TPSA) is 103 Å². The Morgan fingerprint density at radius 2 is 2.04 bits per heavy atom. The lowest BCUT2D eigenvalue weighted by atomic mass is 10.1. The predicted octanol–water partition coefficient (Wildman–Crippen LogP) is 1.02. The molecule has 4 heterocycles. The number of hydrogen-bond acceptors (Lipinski definition) is 6. The Morgan fingerprint density at radius 1 is 1.17 bits per heavy atom. The van der Waals surface area contributed by atoms with Crippen molar-refractivity contribution in [1.82, 2.24) is 34.3 Å². The molecule has 0 atom stereocenters. The number of aromatic nitrogens is 7. The van der Waals surface area contributed by atoms with Gasteiger partial charge in [0.2, 0.25) is 11.9 Å². The molecule has 0 spiro atoms. The fourth-order valence-electron chi connectivity index (χ4n) is 2.26. The number of anilines is 1. The van der Waals surface area contributed by atoms with Crippen LogP contribution in [0, 0.1) is 0 Å². The molecular formula is C15H12N8O. The van der Waals surface area contributed by atoms with E-state index in [4.69, 9.17) is 0 Å². The first-order chi connectivity index (χ1) is 11.8. The Labute approximate surface area is 136 Å². The highest BCUT2D eigenvalue weighted by molar-refractivity contribution is 5.88. The Balaban J connectivity index is 1.56. The quantitative estimate of drug-likeness (QED) is 0.602. The average molecular weight is 320 g/mol. The third kappa shape index (κ3) is 2.82. The SMILES string of the molecule is O=C(Cn1cccn1)Nc1nc2ccc(-c3cncnc3)cn2n1. The van der Waals surface area contributed by atoms with E-state index in [0.29, 0.717) is 5.65 Å². The highest BCUT2D eigenvalue weighted by Gasteiger charge is 2.09. The largest absolute Gasteiger partial charge is 0.292 e. The zero-order chi connectivity index (χ0) is 16.4. The van der Waals surface area contributed by atoms with Crippen molar-refractivity contribution in [3.8, 4) is 11.1 Å². The molecule has 0 radical (unpaired) electrons. The van der Waals surface area contributed by atoms with Gasteiger partial charge in [-0.2, -0.15) is 10.1 Å². The molecule has 0 saturated carbocycles. The van der Waals surface area contributed by atoms with E-state index in [1.165, 1.54) is 11.0 Å². The van der Waals surface area contributed by atoms with Gasteiger partial charge in [-0.1, -0.05) is 0 Å². The maximum Gasteiger partial charge on any atom is 0.249 e. The lowest BCUT2D eigenvalue weighted by Gasteiger charge is -2.00. The molecule has 0 fully saturated rings. The molecule has 9 heteroatoms. The van der Waals surface area contributed by atoms with Gasteiger partial charge in [-0.15, -0.1) is 5.10 Å². The van der Waals surface area contributed by atoms with Crippen LogP contribution in [0.2, 0.25) is 0 Å². The Bertz CT molecular complexity index is 977. The summed E-state index contributed by atoms with van der Waals surface area (Å²) in [5, 5.41) is 10.9. The molecule has 0 unspecified atom stereocenters.